The number of alkyl halides is 3. The summed E-state index contributed by atoms with van der Waals surface area (Å²) in [5.41, 5.74) is 5.94. The van der Waals surface area contributed by atoms with Crippen molar-refractivity contribution in [2.45, 2.75) is 32.0 Å². The van der Waals surface area contributed by atoms with E-state index in [9.17, 15) is 13.2 Å². The van der Waals surface area contributed by atoms with Crippen molar-refractivity contribution in [3.63, 3.8) is 0 Å². The molecule has 22 heavy (non-hydrogen) atoms. The van der Waals surface area contributed by atoms with Gasteiger partial charge in [0.1, 0.15) is 5.82 Å². The molecule has 1 aromatic carbocycles. The largest absolute Gasteiger partial charge is 0.416 e. The summed E-state index contributed by atoms with van der Waals surface area (Å²) in [6.07, 6.45) is -2.18. The number of imidazole rings is 1. The highest BCUT2D eigenvalue weighted by molar-refractivity contribution is 5.77. The maximum absolute atomic E-state index is 12.8. The number of benzene rings is 1. The number of aryl methyl sites for hydroxylation is 2. The number of nitrogens with two attached hydrogens (primary N) is 1. The lowest BCUT2D eigenvalue weighted by molar-refractivity contribution is -0.137. The smallest absolute Gasteiger partial charge is 0.385 e. The minimum Gasteiger partial charge on any atom is -0.385 e. The van der Waals surface area contributed by atoms with Gasteiger partial charge in [0.15, 0.2) is 0 Å². The lowest BCUT2D eigenvalue weighted by Crippen LogP contribution is -2.09. The standard InChI is InChI=1S/C15H20F3N3O/c1-22-9-3-8-21-13-6-5-11(15(16,17)18)10-12(13)20-14(21)4-2-7-19/h5-6,10H,2-4,7-9,19H2,1H3. The van der Waals surface area contributed by atoms with Gasteiger partial charge in [-0.25, -0.2) is 4.98 Å². The lowest BCUT2D eigenvalue weighted by atomic mass is 10.2. The van der Waals surface area contributed by atoms with Crippen molar-refractivity contribution in [3.8, 4) is 0 Å². The SMILES string of the molecule is COCCCn1c(CCCN)nc2cc(C(F)(F)F)ccc21. The summed E-state index contributed by atoms with van der Waals surface area (Å²) in [4.78, 5) is 4.37. The van der Waals surface area contributed by atoms with Crippen LogP contribution in [0.3, 0.4) is 0 Å². The van der Waals surface area contributed by atoms with Gasteiger partial charge < -0.3 is 15.0 Å². The number of fused-ring (bicyclic) bond motifs is 1. The molecular formula is C15H20F3N3O. The van der Waals surface area contributed by atoms with E-state index in [4.69, 9.17) is 10.5 Å². The predicted molar refractivity (Wildman–Crippen MR) is 78.6 cm³/mol. The Hall–Kier alpha value is -1.60. The summed E-state index contributed by atoms with van der Waals surface area (Å²) in [6.45, 7) is 1.78. The van der Waals surface area contributed by atoms with Crippen molar-refractivity contribution in [2.24, 2.45) is 5.73 Å². The van der Waals surface area contributed by atoms with Crippen LogP contribution in [0.2, 0.25) is 0 Å². The van der Waals surface area contributed by atoms with Crippen LogP contribution in [0.25, 0.3) is 11.0 Å². The topological polar surface area (TPSA) is 53.1 Å². The third-order valence-electron chi connectivity index (χ3n) is 3.49. The zero-order valence-corrected chi connectivity index (χ0v) is 12.5. The maximum Gasteiger partial charge on any atom is 0.416 e. The molecule has 2 N–H and O–H groups in total. The van der Waals surface area contributed by atoms with E-state index in [1.54, 1.807) is 7.11 Å². The summed E-state index contributed by atoms with van der Waals surface area (Å²) < 4.78 is 45.4. The Balaban J connectivity index is 2.39. The van der Waals surface area contributed by atoms with Gasteiger partial charge in [0.25, 0.3) is 0 Å². The number of aromatic nitrogens is 2. The second-order valence-electron chi connectivity index (χ2n) is 5.12. The Morgan fingerprint density at radius 1 is 1.27 bits per heavy atom. The van der Waals surface area contributed by atoms with Gasteiger partial charge in [0.05, 0.1) is 16.6 Å². The first-order valence-corrected chi connectivity index (χ1v) is 7.22. The van der Waals surface area contributed by atoms with Crippen LogP contribution in [0.15, 0.2) is 18.2 Å². The van der Waals surface area contributed by atoms with E-state index in [2.05, 4.69) is 4.98 Å². The van der Waals surface area contributed by atoms with E-state index < -0.39 is 11.7 Å². The molecule has 0 amide bonds. The molecule has 0 radical (unpaired) electrons. The first-order chi connectivity index (χ1) is 10.5. The molecular weight excluding hydrogens is 295 g/mol. The highest BCUT2D eigenvalue weighted by Gasteiger charge is 2.31. The van der Waals surface area contributed by atoms with Crippen LogP contribution < -0.4 is 5.73 Å². The Kier molecular flexibility index (Phi) is 5.42. The van der Waals surface area contributed by atoms with Gasteiger partial charge in [-0.15, -0.1) is 0 Å². The average Bonchev–Trinajstić information content (AvgIpc) is 2.81. The highest BCUT2D eigenvalue weighted by atomic mass is 19.4. The monoisotopic (exact) mass is 315 g/mol. The van der Waals surface area contributed by atoms with E-state index in [1.165, 1.54) is 6.07 Å². The van der Waals surface area contributed by atoms with Crippen LogP contribution in [-0.2, 0) is 23.9 Å². The molecule has 0 spiro atoms. The van der Waals surface area contributed by atoms with Crippen LogP contribution in [0.5, 0.6) is 0 Å². The fraction of sp³-hybridized carbons (Fsp3) is 0.533. The minimum atomic E-state index is -4.36. The molecule has 2 rings (SSSR count). The van der Waals surface area contributed by atoms with Crippen molar-refractivity contribution in [1.82, 2.24) is 9.55 Å². The molecule has 0 saturated carbocycles. The second kappa shape index (κ2) is 7.11. The predicted octanol–water partition coefficient (Wildman–Crippen LogP) is 2.98. The maximum atomic E-state index is 12.8. The van der Waals surface area contributed by atoms with Gasteiger partial charge in [0, 0.05) is 26.7 Å². The highest BCUT2D eigenvalue weighted by Crippen LogP contribution is 2.31. The normalized spacial score (nSPS) is 12.2. The quantitative estimate of drug-likeness (QED) is 0.799. The van der Waals surface area contributed by atoms with Crippen LogP contribution in [-0.4, -0.2) is 29.8 Å². The number of methoxy groups -OCH3 is 1. The third kappa shape index (κ3) is 3.78. The van der Waals surface area contributed by atoms with Crippen molar-refractivity contribution in [3.05, 3.63) is 29.6 Å². The number of rotatable bonds is 7. The van der Waals surface area contributed by atoms with E-state index in [-0.39, 0.29) is 0 Å². The molecule has 1 aromatic heterocycles. The van der Waals surface area contributed by atoms with Crippen LogP contribution in [0.1, 0.15) is 24.2 Å². The molecule has 0 atom stereocenters. The first-order valence-electron chi connectivity index (χ1n) is 7.22. The summed E-state index contributed by atoms with van der Waals surface area (Å²) in [5, 5.41) is 0. The summed E-state index contributed by atoms with van der Waals surface area (Å²) in [7, 11) is 1.62. The summed E-state index contributed by atoms with van der Waals surface area (Å²) in [6, 6.07) is 3.70. The van der Waals surface area contributed by atoms with Gasteiger partial charge in [-0.1, -0.05) is 0 Å². The van der Waals surface area contributed by atoms with Gasteiger partial charge >= 0.3 is 6.18 Å². The van der Waals surface area contributed by atoms with Crippen LogP contribution in [0, 0.1) is 0 Å². The molecule has 122 valence electrons. The fourth-order valence-electron chi connectivity index (χ4n) is 2.42. The molecule has 0 aliphatic heterocycles. The van der Waals surface area contributed by atoms with E-state index >= 15 is 0 Å². The second-order valence-corrected chi connectivity index (χ2v) is 5.12. The van der Waals surface area contributed by atoms with Gasteiger partial charge in [-0.05, 0) is 37.6 Å². The summed E-state index contributed by atoms with van der Waals surface area (Å²) in [5.74, 6) is 0.774. The zero-order valence-electron chi connectivity index (χ0n) is 12.5. The number of halogens is 3. The zero-order chi connectivity index (χ0) is 16.2. The molecule has 1 heterocycles. The Labute approximate surface area is 127 Å². The van der Waals surface area contributed by atoms with Crippen molar-refractivity contribution in [1.29, 1.82) is 0 Å². The van der Waals surface area contributed by atoms with Crippen molar-refractivity contribution in [2.75, 3.05) is 20.3 Å². The Morgan fingerprint density at radius 2 is 2.05 bits per heavy atom. The summed E-state index contributed by atoms with van der Waals surface area (Å²) >= 11 is 0. The average molecular weight is 315 g/mol. The molecule has 4 nitrogen and oxygen atoms in total. The Morgan fingerprint density at radius 3 is 2.68 bits per heavy atom. The number of hydrogen-bond acceptors (Lipinski definition) is 3. The van der Waals surface area contributed by atoms with Crippen LogP contribution in [0.4, 0.5) is 13.2 Å². The van der Waals surface area contributed by atoms with Gasteiger partial charge in [-0.3, -0.25) is 0 Å². The van der Waals surface area contributed by atoms with Crippen molar-refractivity contribution < 1.29 is 17.9 Å². The molecule has 7 heteroatoms. The van der Waals surface area contributed by atoms with E-state index in [0.29, 0.717) is 31.6 Å². The minimum absolute atomic E-state index is 0.374. The molecule has 0 aliphatic rings. The number of ether oxygens (including phenoxy) is 1. The third-order valence-corrected chi connectivity index (χ3v) is 3.49. The lowest BCUT2D eigenvalue weighted by Gasteiger charge is -2.09. The molecule has 0 bridgehead atoms. The first kappa shape index (κ1) is 16.8. The molecule has 0 aliphatic carbocycles. The van der Waals surface area contributed by atoms with Gasteiger partial charge in [0.2, 0.25) is 0 Å². The van der Waals surface area contributed by atoms with Gasteiger partial charge in [-0.2, -0.15) is 13.2 Å². The van der Waals surface area contributed by atoms with Crippen LogP contribution >= 0.6 is 0 Å². The number of hydrogen-bond donors (Lipinski definition) is 1. The van der Waals surface area contributed by atoms with E-state index in [1.807, 2.05) is 4.57 Å². The van der Waals surface area contributed by atoms with E-state index in [0.717, 1.165) is 36.3 Å². The molecule has 2 aromatic rings. The fourth-order valence-corrected chi connectivity index (χ4v) is 2.42. The molecule has 0 saturated heterocycles. The molecule has 0 unspecified atom stereocenters. The van der Waals surface area contributed by atoms with Crippen molar-refractivity contribution >= 4 is 11.0 Å². The molecule has 0 fully saturated rings. The number of nitrogens with zero attached hydrogens (tertiary/aromatic N) is 2. The Bertz CT molecular complexity index is 622.